The second kappa shape index (κ2) is 7.86. The van der Waals surface area contributed by atoms with E-state index in [1.54, 1.807) is 12.1 Å². The Morgan fingerprint density at radius 3 is 2.52 bits per heavy atom. The van der Waals surface area contributed by atoms with Gasteiger partial charge >= 0.3 is 12.1 Å². The first-order chi connectivity index (χ1) is 13.7. The quantitative estimate of drug-likeness (QED) is 0.500. The van der Waals surface area contributed by atoms with Gasteiger partial charge in [0, 0.05) is 5.56 Å². The molecule has 29 heavy (non-hydrogen) atoms. The average molecular weight is 418 g/mol. The molecule has 0 radical (unpaired) electrons. The van der Waals surface area contributed by atoms with Crippen molar-refractivity contribution in [3.63, 3.8) is 0 Å². The number of furan rings is 1. The molecule has 0 unspecified atom stereocenters. The minimum atomic E-state index is -4.52. The molecule has 0 aliphatic carbocycles. The smallest absolute Gasteiger partial charge is 0.416 e. The van der Waals surface area contributed by atoms with E-state index in [1.165, 1.54) is 36.4 Å². The van der Waals surface area contributed by atoms with Crippen LogP contribution in [0.2, 0.25) is 5.02 Å². The fourth-order valence-corrected chi connectivity index (χ4v) is 2.87. The van der Waals surface area contributed by atoms with Crippen molar-refractivity contribution in [1.29, 1.82) is 5.26 Å². The number of alkyl halides is 3. The fraction of sp³-hybridized carbons (Fsp3) is 0.0476. The summed E-state index contributed by atoms with van der Waals surface area (Å²) in [7, 11) is 0. The third-order valence-corrected chi connectivity index (χ3v) is 4.33. The summed E-state index contributed by atoms with van der Waals surface area (Å²) in [6, 6.07) is 13.7. The van der Waals surface area contributed by atoms with Gasteiger partial charge in [-0.3, -0.25) is 0 Å². The molecule has 3 rings (SSSR count). The van der Waals surface area contributed by atoms with Crippen molar-refractivity contribution in [2.24, 2.45) is 0 Å². The lowest BCUT2D eigenvalue weighted by molar-refractivity contribution is -0.137. The third kappa shape index (κ3) is 4.50. The zero-order valence-electron chi connectivity index (χ0n) is 14.5. The summed E-state index contributed by atoms with van der Waals surface area (Å²) in [5.41, 5.74) is -0.300. The molecule has 0 saturated carbocycles. The van der Waals surface area contributed by atoms with Crippen LogP contribution in [0.15, 0.2) is 59.0 Å². The van der Waals surface area contributed by atoms with Gasteiger partial charge in [-0.15, -0.1) is 0 Å². The molecule has 2 aromatic carbocycles. The number of rotatable bonds is 4. The predicted octanol–water partition coefficient (Wildman–Crippen LogP) is 6.38. The number of hydrogen-bond acceptors (Lipinski definition) is 3. The van der Waals surface area contributed by atoms with E-state index in [0.717, 1.165) is 12.1 Å². The van der Waals surface area contributed by atoms with E-state index < -0.39 is 17.7 Å². The molecule has 3 aromatic rings. The lowest BCUT2D eigenvalue weighted by Crippen LogP contribution is -2.04. The second-order valence-corrected chi connectivity index (χ2v) is 6.36. The Bertz CT molecular complexity index is 1160. The van der Waals surface area contributed by atoms with Gasteiger partial charge < -0.3 is 9.52 Å². The highest BCUT2D eigenvalue weighted by atomic mass is 35.5. The van der Waals surface area contributed by atoms with Gasteiger partial charge in [-0.2, -0.15) is 18.4 Å². The van der Waals surface area contributed by atoms with Crippen molar-refractivity contribution < 1.29 is 27.5 Å². The zero-order valence-corrected chi connectivity index (χ0v) is 15.3. The average Bonchev–Trinajstić information content (AvgIpc) is 3.14. The Kier molecular flexibility index (Phi) is 5.48. The molecule has 0 aliphatic heterocycles. The predicted molar refractivity (Wildman–Crippen MR) is 101 cm³/mol. The molecule has 0 saturated heterocycles. The molecular formula is C21H11ClF3NO3. The van der Waals surface area contributed by atoms with E-state index in [-0.39, 0.29) is 27.5 Å². The van der Waals surface area contributed by atoms with E-state index in [9.17, 15) is 23.2 Å². The third-order valence-electron chi connectivity index (χ3n) is 4.02. The Hall–Kier alpha value is -3.50. The molecule has 1 heterocycles. The van der Waals surface area contributed by atoms with Crippen LogP contribution in [-0.2, 0) is 6.18 Å². The normalized spacial score (nSPS) is 11.9. The Labute approximate surface area is 168 Å². The van der Waals surface area contributed by atoms with E-state index in [1.807, 2.05) is 6.07 Å². The van der Waals surface area contributed by atoms with Crippen molar-refractivity contribution in [1.82, 2.24) is 0 Å². The lowest BCUT2D eigenvalue weighted by atomic mass is 10.0. The fourth-order valence-electron chi connectivity index (χ4n) is 2.61. The number of allylic oxidation sites excluding steroid dienone is 1. The van der Waals surface area contributed by atoms with Crippen LogP contribution in [0.3, 0.4) is 0 Å². The second-order valence-electron chi connectivity index (χ2n) is 5.95. The van der Waals surface area contributed by atoms with Crippen LogP contribution in [0, 0.1) is 11.3 Å². The number of carbonyl (C=O) groups is 1. The van der Waals surface area contributed by atoms with Gasteiger partial charge in [0.15, 0.2) is 0 Å². The highest BCUT2D eigenvalue weighted by Gasteiger charge is 2.30. The maximum Gasteiger partial charge on any atom is 0.416 e. The van der Waals surface area contributed by atoms with E-state index in [4.69, 9.17) is 21.1 Å². The summed E-state index contributed by atoms with van der Waals surface area (Å²) in [5.74, 6) is -0.562. The first kappa shape index (κ1) is 20.2. The Morgan fingerprint density at radius 1 is 1.14 bits per heavy atom. The van der Waals surface area contributed by atoms with Crippen LogP contribution in [0.1, 0.15) is 27.2 Å². The van der Waals surface area contributed by atoms with Gasteiger partial charge in [-0.05, 0) is 48.0 Å². The Morgan fingerprint density at radius 2 is 1.90 bits per heavy atom. The van der Waals surface area contributed by atoms with E-state index >= 15 is 0 Å². The minimum absolute atomic E-state index is 0.00347. The number of benzene rings is 2. The number of nitrogens with zero attached hydrogens (tertiary/aromatic N) is 1. The van der Waals surface area contributed by atoms with E-state index in [0.29, 0.717) is 11.3 Å². The van der Waals surface area contributed by atoms with Crippen molar-refractivity contribution in [3.8, 4) is 17.4 Å². The van der Waals surface area contributed by atoms with Crippen molar-refractivity contribution >= 4 is 29.2 Å². The van der Waals surface area contributed by atoms with Crippen molar-refractivity contribution in [2.75, 3.05) is 0 Å². The van der Waals surface area contributed by atoms with Crippen LogP contribution in [0.25, 0.3) is 23.0 Å². The van der Waals surface area contributed by atoms with Gasteiger partial charge in [0.25, 0.3) is 0 Å². The number of nitriles is 1. The maximum atomic E-state index is 12.9. The zero-order chi connectivity index (χ0) is 21.2. The summed E-state index contributed by atoms with van der Waals surface area (Å²) in [5, 5.41) is 18.4. The molecule has 4 nitrogen and oxygen atoms in total. The summed E-state index contributed by atoms with van der Waals surface area (Å²) < 4.78 is 44.3. The molecule has 1 N–H and O–H groups in total. The van der Waals surface area contributed by atoms with Crippen LogP contribution in [0.4, 0.5) is 13.2 Å². The van der Waals surface area contributed by atoms with Gasteiger partial charge in [-0.1, -0.05) is 29.8 Å². The SMILES string of the molecule is N#C/C(=C/c1ccc(-c2ccc(C(=O)O)c(Cl)c2)o1)c1cccc(C(F)(F)F)c1. The number of hydrogen-bond donors (Lipinski definition) is 1. The summed E-state index contributed by atoms with van der Waals surface area (Å²) in [6.45, 7) is 0. The Balaban J connectivity index is 1.94. The topological polar surface area (TPSA) is 74.2 Å². The molecular weight excluding hydrogens is 407 g/mol. The number of carboxylic acids is 1. The number of carboxylic acid groups (broad SMARTS) is 1. The standard InChI is InChI=1S/C21H11ClF3NO3/c22-18-10-13(4-6-17(18)20(27)28)19-7-5-16(29-19)9-14(11-26)12-2-1-3-15(8-12)21(23,24)25/h1-10H,(H,27,28)/b14-9-. The molecule has 1 aromatic heterocycles. The highest BCUT2D eigenvalue weighted by molar-refractivity contribution is 6.33. The molecule has 8 heteroatoms. The number of halogens is 4. The molecule has 0 aliphatic rings. The van der Waals surface area contributed by atoms with Gasteiger partial charge in [0.1, 0.15) is 11.5 Å². The van der Waals surface area contributed by atoms with Crippen LogP contribution >= 0.6 is 11.6 Å². The lowest BCUT2D eigenvalue weighted by Gasteiger charge is -2.07. The summed E-state index contributed by atoms with van der Waals surface area (Å²) in [4.78, 5) is 11.0. The summed E-state index contributed by atoms with van der Waals surface area (Å²) >= 11 is 5.95. The van der Waals surface area contributed by atoms with Gasteiger partial charge in [0.05, 0.1) is 27.8 Å². The minimum Gasteiger partial charge on any atom is -0.478 e. The van der Waals surface area contributed by atoms with E-state index in [2.05, 4.69) is 0 Å². The molecule has 0 amide bonds. The molecule has 146 valence electrons. The largest absolute Gasteiger partial charge is 0.478 e. The van der Waals surface area contributed by atoms with Gasteiger partial charge in [-0.25, -0.2) is 4.79 Å². The van der Waals surface area contributed by atoms with Crippen LogP contribution < -0.4 is 0 Å². The maximum absolute atomic E-state index is 12.9. The molecule has 0 atom stereocenters. The first-order valence-electron chi connectivity index (χ1n) is 8.11. The van der Waals surface area contributed by atoms with Gasteiger partial charge in [0.2, 0.25) is 0 Å². The highest BCUT2D eigenvalue weighted by Crippen LogP contribution is 2.32. The molecule has 0 fully saturated rings. The van der Waals surface area contributed by atoms with Crippen molar-refractivity contribution in [2.45, 2.75) is 6.18 Å². The molecule has 0 bridgehead atoms. The van der Waals surface area contributed by atoms with Crippen LogP contribution in [-0.4, -0.2) is 11.1 Å². The molecule has 0 spiro atoms. The van der Waals surface area contributed by atoms with Crippen LogP contribution in [0.5, 0.6) is 0 Å². The number of aromatic carboxylic acids is 1. The monoisotopic (exact) mass is 417 g/mol. The van der Waals surface area contributed by atoms with Crippen molar-refractivity contribution in [3.05, 3.63) is 82.1 Å². The summed E-state index contributed by atoms with van der Waals surface area (Å²) in [6.07, 6.45) is -3.19. The first-order valence-corrected chi connectivity index (χ1v) is 8.49.